The zero-order valence-electron chi connectivity index (χ0n) is 17.1. The topological polar surface area (TPSA) is 71.1 Å². The van der Waals surface area contributed by atoms with Crippen LogP contribution in [0.15, 0.2) is 72.5 Å². The van der Waals surface area contributed by atoms with E-state index in [1.807, 2.05) is 6.92 Å². The van der Waals surface area contributed by atoms with Crippen molar-refractivity contribution in [2.75, 3.05) is 13.7 Å². The zero-order valence-corrected chi connectivity index (χ0v) is 17.1. The summed E-state index contributed by atoms with van der Waals surface area (Å²) in [5, 5.41) is 0. The van der Waals surface area contributed by atoms with Gasteiger partial charge in [-0.2, -0.15) is 0 Å². The predicted octanol–water partition coefficient (Wildman–Crippen LogP) is 4.93. The lowest BCUT2D eigenvalue weighted by molar-refractivity contribution is 0.0734. The Morgan fingerprint density at radius 3 is 2.58 bits per heavy atom. The van der Waals surface area contributed by atoms with Crippen LogP contribution in [-0.2, 0) is 0 Å². The van der Waals surface area contributed by atoms with Crippen molar-refractivity contribution < 1.29 is 28.5 Å². The summed E-state index contributed by atoms with van der Waals surface area (Å²) in [4.78, 5) is 25.1. The number of carbonyl (C=O) groups excluding carboxylic acids is 2. The molecule has 0 saturated carbocycles. The summed E-state index contributed by atoms with van der Waals surface area (Å²) in [5.41, 5.74) is 1.52. The molecule has 0 aromatic heterocycles. The van der Waals surface area contributed by atoms with E-state index in [1.54, 1.807) is 72.8 Å². The van der Waals surface area contributed by atoms with Crippen LogP contribution >= 0.6 is 0 Å². The summed E-state index contributed by atoms with van der Waals surface area (Å²) in [6.07, 6.45) is 1.62. The van der Waals surface area contributed by atoms with Crippen LogP contribution in [0.5, 0.6) is 23.0 Å². The van der Waals surface area contributed by atoms with Crippen molar-refractivity contribution in [3.8, 4) is 23.0 Å². The molecule has 3 aromatic carbocycles. The highest BCUT2D eigenvalue weighted by atomic mass is 16.5. The number of benzene rings is 3. The molecule has 4 rings (SSSR count). The van der Waals surface area contributed by atoms with Crippen LogP contribution in [-0.4, -0.2) is 25.5 Å². The fraction of sp³-hybridized carbons (Fsp3) is 0.120. The molecule has 31 heavy (non-hydrogen) atoms. The Morgan fingerprint density at radius 2 is 1.77 bits per heavy atom. The van der Waals surface area contributed by atoms with Crippen molar-refractivity contribution in [2.45, 2.75) is 6.92 Å². The Labute approximate surface area is 179 Å². The summed E-state index contributed by atoms with van der Waals surface area (Å²) < 4.78 is 21.8. The molecule has 6 heteroatoms. The molecule has 6 nitrogen and oxygen atoms in total. The third-order valence-corrected chi connectivity index (χ3v) is 4.62. The summed E-state index contributed by atoms with van der Waals surface area (Å²) in [5.74, 6) is 1.50. The molecule has 0 bridgehead atoms. The van der Waals surface area contributed by atoms with E-state index in [-0.39, 0.29) is 11.5 Å². The molecule has 0 saturated heterocycles. The second kappa shape index (κ2) is 8.75. The van der Waals surface area contributed by atoms with Crippen molar-refractivity contribution >= 4 is 17.8 Å². The van der Waals surface area contributed by atoms with Crippen molar-refractivity contribution in [2.24, 2.45) is 0 Å². The van der Waals surface area contributed by atoms with Crippen LogP contribution in [0.1, 0.15) is 33.2 Å². The Bertz CT molecular complexity index is 1180. The Kier molecular flexibility index (Phi) is 5.71. The average Bonchev–Trinajstić information content (AvgIpc) is 3.09. The first kappa shape index (κ1) is 20.2. The van der Waals surface area contributed by atoms with Crippen molar-refractivity contribution in [1.82, 2.24) is 0 Å². The molecule has 156 valence electrons. The number of fused-ring (bicyclic) bond motifs is 1. The van der Waals surface area contributed by atoms with Gasteiger partial charge in [0, 0.05) is 6.07 Å². The molecular formula is C25H20O6. The summed E-state index contributed by atoms with van der Waals surface area (Å²) in [6, 6.07) is 18.7. The van der Waals surface area contributed by atoms with Gasteiger partial charge in [0.15, 0.2) is 5.76 Å². The highest BCUT2D eigenvalue weighted by Gasteiger charge is 2.27. The second-order valence-electron chi connectivity index (χ2n) is 6.72. The number of esters is 1. The van der Waals surface area contributed by atoms with Crippen LogP contribution in [0.25, 0.3) is 6.08 Å². The van der Waals surface area contributed by atoms with Gasteiger partial charge in [-0.15, -0.1) is 0 Å². The van der Waals surface area contributed by atoms with Crippen LogP contribution in [0.3, 0.4) is 0 Å². The molecule has 0 N–H and O–H groups in total. The van der Waals surface area contributed by atoms with E-state index in [0.29, 0.717) is 46.3 Å². The van der Waals surface area contributed by atoms with E-state index >= 15 is 0 Å². The van der Waals surface area contributed by atoms with Gasteiger partial charge in [0.2, 0.25) is 5.78 Å². The molecule has 0 fully saturated rings. The van der Waals surface area contributed by atoms with Gasteiger partial charge in [-0.3, -0.25) is 4.79 Å². The standard InChI is InChI=1S/C25H20O6/c1-3-29-19-10-11-21-22(15-19)31-23(24(21)26)13-16-6-4-9-20(12-16)30-25(27)17-7-5-8-18(14-17)28-2/h4-15H,3H2,1-2H3/b23-13-. The third kappa shape index (κ3) is 4.43. The Hall–Kier alpha value is -4.06. The Morgan fingerprint density at radius 1 is 0.968 bits per heavy atom. The lowest BCUT2D eigenvalue weighted by Gasteiger charge is -2.07. The van der Waals surface area contributed by atoms with Gasteiger partial charge in [0.25, 0.3) is 0 Å². The number of methoxy groups -OCH3 is 1. The largest absolute Gasteiger partial charge is 0.497 e. The highest BCUT2D eigenvalue weighted by Crippen LogP contribution is 2.35. The van der Waals surface area contributed by atoms with Crippen molar-refractivity contribution in [3.05, 3.63) is 89.2 Å². The maximum atomic E-state index is 12.6. The molecule has 0 atom stereocenters. The first-order valence-electron chi connectivity index (χ1n) is 9.75. The second-order valence-corrected chi connectivity index (χ2v) is 6.72. The number of rotatable bonds is 6. The normalized spacial score (nSPS) is 13.5. The van der Waals surface area contributed by atoms with E-state index < -0.39 is 5.97 Å². The van der Waals surface area contributed by atoms with Crippen molar-refractivity contribution in [3.63, 3.8) is 0 Å². The summed E-state index contributed by atoms with van der Waals surface area (Å²) >= 11 is 0. The van der Waals surface area contributed by atoms with Crippen LogP contribution < -0.4 is 18.9 Å². The predicted molar refractivity (Wildman–Crippen MR) is 115 cm³/mol. The molecule has 0 spiro atoms. The zero-order chi connectivity index (χ0) is 21.8. The fourth-order valence-corrected chi connectivity index (χ4v) is 3.16. The fourth-order valence-electron chi connectivity index (χ4n) is 3.16. The smallest absolute Gasteiger partial charge is 0.343 e. The number of hydrogen-bond acceptors (Lipinski definition) is 6. The van der Waals surface area contributed by atoms with Gasteiger partial charge < -0.3 is 18.9 Å². The molecule has 0 aliphatic carbocycles. The summed E-state index contributed by atoms with van der Waals surface area (Å²) in [7, 11) is 1.53. The van der Waals surface area contributed by atoms with Gasteiger partial charge in [0.1, 0.15) is 23.0 Å². The molecule has 1 aliphatic rings. The minimum Gasteiger partial charge on any atom is -0.497 e. The minimum absolute atomic E-state index is 0.194. The van der Waals surface area contributed by atoms with Gasteiger partial charge in [-0.25, -0.2) is 4.79 Å². The van der Waals surface area contributed by atoms with Gasteiger partial charge in [-0.1, -0.05) is 18.2 Å². The van der Waals surface area contributed by atoms with E-state index in [1.165, 1.54) is 7.11 Å². The quantitative estimate of drug-likeness (QED) is 0.322. The number of carbonyl (C=O) groups is 2. The molecule has 3 aromatic rings. The average molecular weight is 416 g/mol. The highest BCUT2D eigenvalue weighted by molar-refractivity contribution is 6.14. The number of ketones is 1. The van der Waals surface area contributed by atoms with Crippen molar-refractivity contribution in [1.29, 1.82) is 0 Å². The van der Waals surface area contributed by atoms with E-state index in [4.69, 9.17) is 18.9 Å². The number of allylic oxidation sites excluding steroid dienone is 1. The summed E-state index contributed by atoms with van der Waals surface area (Å²) in [6.45, 7) is 2.41. The third-order valence-electron chi connectivity index (χ3n) is 4.62. The van der Waals surface area contributed by atoms with Crippen LogP contribution in [0.4, 0.5) is 0 Å². The molecule has 1 aliphatic heterocycles. The van der Waals surface area contributed by atoms with Gasteiger partial charge in [0.05, 0.1) is 24.8 Å². The number of ether oxygens (including phenoxy) is 4. The molecule has 1 heterocycles. The van der Waals surface area contributed by atoms with E-state index in [0.717, 1.165) is 0 Å². The molecule has 0 radical (unpaired) electrons. The molecule has 0 unspecified atom stereocenters. The Balaban J connectivity index is 1.52. The minimum atomic E-state index is -0.507. The molecular weight excluding hydrogens is 396 g/mol. The van der Waals surface area contributed by atoms with E-state index in [2.05, 4.69) is 0 Å². The molecule has 0 amide bonds. The number of hydrogen-bond donors (Lipinski definition) is 0. The first-order valence-corrected chi connectivity index (χ1v) is 9.75. The maximum Gasteiger partial charge on any atom is 0.343 e. The van der Waals surface area contributed by atoms with Crippen LogP contribution in [0.2, 0.25) is 0 Å². The number of Topliss-reactive ketones (excluding diaryl/α,β-unsaturated/α-hetero) is 1. The SMILES string of the molecule is CCOc1ccc2c(c1)O/C(=C\c1cccc(OC(=O)c3cccc(OC)c3)c1)C2=O. The monoisotopic (exact) mass is 416 g/mol. The van der Waals surface area contributed by atoms with Crippen LogP contribution in [0, 0.1) is 0 Å². The first-order chi connectivity index (χ1) is 15.1. The lowest BCUT2D eigenvalue weighted by Crippen LogP contribution is -2.08. The maximum absolute atomic E-state index is 12.6. The van der Waals surface area contributed by atoms with E-state index in [9.17, 15) is 9.59 Å². The lowest BCUT2D eigenvalue weighted by atomic mass is 10.1. The van der Waals surface area contributed by atoms with Gasteiger partial charge in [-0.05, 0) is 61.0 Å². The van der Waals surface area contributed by atoms with Gasteiger partial charge >= 0.3 is 5.97 Å².